The van der Waals surface area contributed by atoms with Crippen LogP contribution >= 0.6 is 0 Å². The average molecular weight is 454 g/mol. The summed E-state index contributed by atoms with van der Waals surface area (Å²) in [5.74, 6) is -4.11. The Kier molecular flexibility index (Phi) is 10.3. The molecule has 1 rings (SSSR count). The summed E-state index contributed by atoms with van der Waals surface area (Å²) in [6, 6.07) is -4.59. The van der Waals surface area contributed by atoms with Crippen molar-refractivity contribution in [1.29, 1.82) is 0 Å². The van der Waals surface area contributed by atoms with E-state index in [2.05, 4.69) is 25.9 Å². The summed E-state index contributed by atoms with van der Waals surface area (Å²) in [7, 11) is 0. The minimum Gasteiger partial charge on any atom is -0.480 e. The van der Waals surface area contributed by atoms with Crippen molar-refractivity contribution in [1.82, 2.24) is 25.9 Å². The first kappa shape index (κ1) is 26.6. The molecule has 0 spiro atoms. The Labute approximate surface area is 185 Å². The maximum absolute atomic E-state index is 12.8. The van der Waals surface area contributed by atoms with E-state index >= 15 is 0 Å². The number of nitrogens with zero attached hydrogens (tertiary/aromatic N) is 1. The summed E-state index contributed by atoms with van der Waals surface area (Å²) in [5, 5.41) is 16.5. The van der Waals surface area contributed by atoms with Crippen LogP contribution in [0.5, 0.6) is 0 Å². The zero-order valence-electron chi connectivity index (χ0n) is 18.3. The minimum absolute atomic E-state index is 0.000302. The number of imidazole rings is 1. The van der Waals surface area contributed by atoms with Crippen molar-refractivity contribution in [2.45, 2.75) is 64.2 Å². The smallest absolute Gasteiger partial charge is 0.326 e. The van der Waals surface area contributed by atoms with Crippen molar-refractivity contribution < 1.29 is 29.1 Å². The van der Waals surface area contributed by atoms with Crippen LogP contribution < -0.4 is 27.4 Å². The summed E-state index contributed by atoms with van der Waals surface area (Å²) >= 11 is 0. The Balaban J connectivity index is 2.85. The molecule has 0 radical (unpaired) electrons. The van der Waals surface area contributed by atoms with Gasteiger partial charge in [-0.05, 0) is 19.3 Å². The largest absolute Gasteiger partial charge is 0.480 e. The number of carboxylic acids is 1. The van der Waals surface area contributed by atoms with Gasteiger partial charge in [0.2, 0.25) is 23.6 Å². The van der Waals surface area contributed by atoms with Crippen LogP contribution in [0.2, 0.25) is 0 Å². The topological polar surface area (TPSA) is 222 Å². The van der Waals surface area contributed by atoms with Crippen molar-refractivity contribution >= 4 is 29.6 Å². The number of nitrogens with two attached hydrogens (primary N) is 2. The number of hydrogen-bond acceptors (Lipinski definition) is 7. The molecule has 1 aromatic heterocycles. The number of carbonyl (C=O) groups is 5. The van der Waals surface area contributed by atoms with Crippen LogP contribution in [0.15, 0.2) is 12.5 Å². The molecule has 4 amide bonds. The van der Waals surface area contributed by atoms with Gasteiger partial charge < -0.3 is 37.5 Å². The van der Waals surface area contributed by atoms with Crippen LogP contribution in [-0.2, 0) is 30.4 Å². The van der Waals surface area contributed by atoms with E-state index in [4.69, 9.17) is 11.5 Å². The molecule has 4 atom stereocenters. The molecular formula is C19H31N7O6. The van der Waals surface area contributed by atoms with Crippen molar-refractivity contribution in [2.24, 2.45) is 17.4 Å². The summed E-state index contributed by atoms with van der Waals surface area (Å²) < 4.78 is 0. The Morgan fingerprint density at radius 1 is 1.03 bits per heavy atom. The summed E-state index contributed by atoms with van der Waals surface area (Å²) in [4.78, 5) is 66.4. The van der Waals surface area contributed by atoms with E-state index in [1.165, 1.54) is 19.4 Å². The summed E-state index contributed by atoms with van der Waals surface area (Å²) in [6.45, 7) is 5.02. The second kappa shape index (κ2) is 12.4. The number of aromatic nitrogens is 2. The molecule has 0 saturated heterocycles. The van der Waals surface area contributed by atoms with E-state index in [-0.39, 0.29) is 18.8 Å². The number of hydrogen-bond donors (Lipinski definition) is 7. The highest BCUT2D eigenvalue weighted by Crippen LogP contribution is 2.06. The predicted molar refractivity (Wildman–Crippen MR) is 113 cm³/mol. The van der Waals surface area contributed by atoms with Gasteiger partial charge in [-0.25, -0.2) is 9.78 Å². The van der Waals surface area contributed by atoms with Crippen molar-refractivity contribution in [3.8, 4) is 0 Å². The Bertz CT molecular complexity index is 811. The van der Waals surface area contributed by atoms with Gasteiger partial charge in [-0.2, -0.15) is 0 Å². The van der Waals surface area contributed by atoms with Crippen LogP contribution in [0, 0.1) is 5.92 Å². The number of carbonyl (C=O) groups excluding carboxylic acids is 4. The van der Waals surface area contributed by atoms with Gasteiger partial charge in [0.1, 0.15) is 18.1 Å². The lowest BCUT2D eigenvalue weighted by Crippen LogP contribution is -2.57. The molecule has 9 N–H and O–H groups in total. The quantitative estimate of drug-likeness (QED) is 0.172. The molecule has 0 saturated carbocycles. The van der Waals surface area contributed by atoms with Crippen LogP contribution in [0.3, 0.4) is 0 Å². The number of H-pyrrole nitrogens is 1. The first-order valence-electron chi connectivity index (χ1n) is 10.1. The molecular weight excluding hydrogens is 422 g/mol. The van der Waals surface area contributed by atoms with Crippen molar-refractivity contribution in [3.63, 3.8) is 0 Å². The molecule has 13 heteroatoms. The van der Waals surface area contributed by atoms with E-state index < -0.39 is 60.2 Å². The molecule has 0 aromatic carbocycles. The summed E-state index contributed by atoms with van der Waals surface area (Å²) in [5.41, 5.74) is 11.2. The number of rotatable bonds is 13. The number of amides is 4. The predicted octanol–water partition coefficient (Wildman–Crippen LogP) is -2.24. The van der Waals surface area contributed by atoms with Gasteiger partial charge >= 0.3 is 5.97 Å². The van der Waals surface area contributed by atoms with Crippen LogP contribution in [0.1, 0.15) is 39.3 Å². The third-order valence-corrected chi connectivity index (χ3v) is 4.44. The fraction of sp³-hybridized carbons (Fsp3) is 0.579. The Hall–Kier alpha value is -3.48. The van der Waals surface area contributed by atoms with Gasteiger partial charge in [0, 0.05) is 18.3 Å². The Morgan fingerprint density at radius 3 is 2.16 bits per heavy atom. The maximum atomic E-state index is 12.8. The molecule has 178 valence electrons. The second-order valence-corrected chi connectivity index (χ2v) is 7.88. The van der Waals surface area contributed by atoms with Gasteiger partial charge in [-0.1, -0.05) is 13.8 Å². The highest BCUT2D eigenvalue weighted by Gasteiger charge is 2.29. The lowest BCUT2D eigenvalue weighted by Gasteiger charge is -2.23. The molecule has 0 bridgehead atoms. The van der Waals surface area contributed by atoms with Crippen LogP contribution in [0.4, 0.5) is 0 Å². The first-order chi connectivity index (χ1) is 14.9. The lowest BCUT2D eigenvalue weighted by molar-refractivity contribution is -0.142. The summed E-state index contributed by atoms with van der Waals surface area (Å²) in [6.07, 6.45) is 2.66. The molecule has 4 unspecified atom stereocenters. The fourth-order valence-electron chi connectivity index (χ4n) is 2.78. The monoisotopic (exact) mass is 453 g/mol. The zero-order valence-corrected chi connectivity index (χ0v) is 18.3. The van der Waals surface area contributed by atoms with Gasteiger partial charge in [0.05, 0.1) is 18.8 Å². The number of primary amides is 1. The van der Waals surface area contributed by atoms with Gasteiger partial charge in [0.15, 0.2) is 0 Å². The van der Waals surface area contributed by atoms with E-state index in [1.54, 1.807) is 0 Å². The van der Waals surface area contributed by atoms with E-state index in [9.17, 15) is 29.1 Å². The third-order valence-electron chi connectivity index (χ3n) is 4.44. The highest BCUT2D eigenvalue weighted by atomic mass is 16.4. The second-order valence-electron chi connectivity index (χ2n) is 7.88. The third kappa shape index (κ3) is 9.12. The van der Waals surface area contributed by atoms with Gasteiger partial charge in [-0.3, -0.25) is 19.2 Å². The van der Waals surface area contributed by atoms with Crippen LogP contribution in [-0.4, -0.2) is 68.8 Å². The molecule has 0 fully saturated rings. The molecule has 0 aliphatic carbocycles. The SMILES string of the molecule is CC(C)CC(NC(=O)C(C)NC(=O)C(Cc1cnc[nH]1)NC(=O)C(N)CC(N)=O)C(=O)O. The zero-order chi connectivity index (χ0) is 24.4. The number of nitrogens with one attached hydrogen (secondary N) is 4. The normalized spacial score (nSPS) is 14.7. The highest BCUT2D eigenvalue weighted by molar-refractivity contribution is 5.94. The fourth-order valence-corrected chi connectivity index (χ4v) is 2.78. The Morgan fingerprint density at radius 2 is 1.66 bits per heavy atom. The number of aliphatic carboxylic acids is 1. The number of aromatic amines is 1. The molecule has 1 heterocycles. The lowest BCUT2D eigenvalue weighted by atomic mass is 10.0. The maximum Gasteiger partial charge on any atom is 0.326 e. The molecule has 0 aliphatic rings. The first-order valence-corrected chi connectivity index (χ1v) is 10.1. The van der Waals surface area contributed by atoms with E-state index in [1.807, 2.05) is 13.8 Å². The van der Waals surface area contributed by atoms with Crippen LogP contribution in [0.25, 0.3) is 0 Å². The standard InChI is InChI=1S/C19H31N7O6/c1-9(2)4-14(19(31)32)26-16(28)10(3)24-18(30)13(5-11-7-22-8-23-11)25-17(29)12(20)6-15(21)27/h7-10,12-14H,4-6,20H2,1-3H3,(H2,21,27)(H,22,23)(H,24,30)(H,25,29)(H,26,28)(H,31,32). The van der Waals surface area contributed by atoms with Crippen molar-refractivity contribution in [3.05, 3.63) is 18.2 Å². The molecule has 1 aromatic rings. The van der Waals surface area contributed by atoms with Gasteiger partial charge in [0.25, 0.3) is 0 Å². The number of carboxylic acid groups (broad SMARTS) is 1. The average Bonchev–Trinajstić information content (AvgIpc) is 3.18. The molecule has 0 aliphatic heterocycles. The van der Waals surface area contributed by atoms with Crippen molar-refractivity contribution in [2.75, 3.05) is 0 Å². The molecule has 32 heavy (non-hydrogen) atoms. The molecule has 13 nitrogen and oxygen atoms in total. The van der Waals surface area contributed by atoms with E-state index in [0.29, 0.717) is 5.69 Å². The van der Waals surface area contributed by atoms with Gasteiger partial charge in [-0.15, -0.1) is 0 Å². The van der Waals surface area contributed by atoms with E-state index in [0.717, 1.165) is 0 Å². The minimum atomic E-state index is -1.25.